The number of carbonyl (C=O) groups excluding carboxylic acids is 1. The van der Waals surface area contributed by atoms with Gasteiger partial charge >= 0.3 is 0 Å². The van der Waals surface area contributed by atoms with Gasteiger partial charge in [0.25, 0.3) is 11.5 Å². The van der Waals surface area contributed by atoms with Gasteiger partial charge in [0.05, 0.1) is 30.2 Å². The van der Waals surface area contributed by atoms with Gasteiger partial charge in [-0.15, -0.1) is 11.3 Å². The highest BCUT2D eigenvalue weighted by Crippen LogP contribution is 2.35. The molecular weight excluding hydrogens is 492 g/mol. The van der Waals surface area contributed by atoms with E-state index in [2.05, 4.69) is 10.5 Å². The average molecular weight is 519 g/mol. The van der Waals surface area contributed by atoms with Crippen LogP contribution in [-0.4, -0.2) is 34.5 Å². The highest BCUT2D eigenvalue weighted by Gasteiger charge is 2.23. The second-order valence-corrected chi connectivity index (χ2v) is 10.6. The van der Waals surface area contributed by atoms with Crippen molar-refractivity contribution in [3.05, 3.63) is 80.5 Å². The Hall–Kier alpha value is -3.43. The lowest BCUT2D eigenvalue weighted by molar-refractivity contribution is -0.118. The number of amides is 1. The fraction of sp³-hybridized carbons (Fsp3) is 0.259. The van der Waals surface area contributed by atoms with E-state index >= 15 is 0 Å². The first-order chi connectivity index (χ1) is 17.5. The lowest BCUT2D eigenvalue weighted by Gasteiger charge is -2.14. The van der Waals surface area contributed by atoms with Gasteiger partial charge in [-0.2, -0.15) is 5.10 Å². The molecule has 0 saturated carbocycles. The van der Waals surface area contributed by atoms with Crippen LogP contribution in [-0.2, 0) is 17.6 Å². The standard InChI is InChI=1S/C27H26N4O3S2/c1-17-6-5-7-18(14-17)15-28-30-23(32)16-35-27-29-25-24(21-8-3-4-9-22(21)36-25)26(33)31(27)19-10-12-20(34-2)13-11-19/h5-7,10-15H,3-4,8-9,16H2,1-2H3,(H,30,32). The molecule has 1 amide bonds. The summed E-state index contributed by atoms with van der Waals surface area (Å²) < 4.78 is 6.89. The number of hydrogen-bond acceptors (Lipinski definition) is 7. The second kappa shape index (κ2) is 10.7. The molecule has 0 spiro atoms. The van der Waals surface area contributed by atoms with Crippen molar-refractivity contribution >= 4 is 45.4 Å². The van der Waals surface area contributed by atoms with Gasteiger partial charge in [0, 0.05) is 4.88 Å². The van der Waals surface area contributed by atoms with E-state index in [1.165, 1.54) is 16.6 Å². The Balaban J connectivity index is 1.44. The van der Waals surface area contributed by atoms with Crippen molar-refractivity contribution < 1.29 is 9.53 Å². The molecule has 0 radical (unpaired) electrons. The molecule has 0 fully saturated rings. The number of methoxy groups -OCH3 is 1. The van der Waals surface area contributed by atoms with Gasteiger partial charge in [-0.3, -0.25) is 14.2 Å². The number of hydrazone groups is 1. The zero-order valence-corrected chi connectivity index (χ0v) is 21.7. The molecule has 1 aliphatic rings. The van der Waals surface area contributed by atoms with Crippen molar-refractivity contribution in [3.63, 3.8) is 0 Å². The van der Waals surface area contributed by atoms with Gasteiger partial charge in [0.1, 0.15) is 10.6 Å². The van der Waals surface area contributed by atoms with Gasteiger partial charge in [0.2, 0.25) is 0 Å². The molecule has 2 heterocycles. The molecule has 7 nitrogen and oxygen atoms in total. The normalized spacial score (nSPS) is 13.2. The topological polar surface area (TPSA) is 85.6 Å². The lowest BCUT2D eigenvalue weighted by Crippen LogP contribution is -2.24. The summed E-state index contributed by atoms with van der Waals surface area (Å²) >= 11 is 2.83. The third-order valence-electron chi connectivity index (χ3n) is 6.07. The first-order valence-corrected chi connectivity index (χ1v) is 13.6. The Labute approximate surface area is 217 Å². The third-order valence-corrected chi connectivity index (χ3v) is 8.19. The predicted molar refractivity (Wildman–Crippen MR) is 146 cm³/mol. The van der Waals surface area contributed by atoms with Crippen molar-refractivity contribution in [2.75, 3.05) is 12.9 Å². The zero-order chi connectivity index (χ0) is 25.1. The van der Waals surface area contributed by atoms with E-state index in [1.54, 1.807) is 29.2 Å². The Kier molecular flexibility index (Phi) is 7.20. The van der Waals surface area contributed by atoms with Gasteiger partial charge in [-0.05, 0) is 68.0 Å². The van der Waals surface area contributed by atoms with Crippen molar-refractivity contribution in [2.45, 2.75) is 37.8 Å². The summed E-state index contributed by atoms with van der Waals surface area (Å²) in [4.78, 5) is 33.2. The van der Waals surface area contributed by atoms with Crippen LogP contribution in [0.2, 0.25) is 0 Å². The molecular formula is C27H26N4O3S2. The molecule has 0 aliphatic heterocycles. The van der Waals surface area contributed by atoms with E-state index in [4.69, 9.17) is 9.72 Å². The minimum atomic E-state index is -0.273. The van der Waals surface area contributed by atoms with E-state index in [0.29, 0.717) is 22.0 Å². The molecule has 4 aromatic rings. The summed E-state index contributed by atoms with van der Waals surface area (Å²) in [5.41, 5.74) is 6.33. The fourth-order valence-corrected chi connectivity index (χ4v) is 6.44. The second-order valence-electron chi connectivity index (χ2n) is 8.62. The van der Waals surface area contributed by atoms with Crippen LogP contribution in [0.15, 0.2) is 63.6 Å². The molecule has 0 unspecified atom stereocenters. The molecule has 9 heteroatoms. The Morgan fingerprint density at radius 2 is 2.03 bits per heavy atom. The van der Waals surface area contributed by atoms with Gasteiger partial charge in [-0.25, -0.2) is 10.4 Å². The Morgan fingerprint density at radius 3 is 2.81 bits per heavy atom. The van der Waals surface area contributed by atoms with Crippen molar-refractivity contribution in [1.29, 1.82) is 0 Å². The third kappa shape index (κ3) is 5.08. The minimum absolute atomic E-state index is 0.0738. The smallest absolute Gasteiger partial charge is 0.267 e. The maximum absolute atomic E-state index is 13.8. The SMILES string of the molecule is COc1ccc(-n2c(SCC(=O)NN=Cc3cccc(C)c3)nc3sc4c(c3c2=O)CCCC4)cc1. The van der Waals surface area contributed by atoms with Crippen LogP contribution < -0.4 is 15.7 Å². The maximum Gasteiger partial charge on any atom is 0.267 e. The Bertz CT molecular complexity index is 1510. The van der Waals surface area contributed by atoms with Crippen molar-refractivity contribution in [1.82, 2.24) is 15.0 Å². The van der Waals surface area contributed by atoms with Gasteiger partial charge in [0.15, 0.2) is 5.16 Å². The van der Waals surface area contributed by atoms with Crippen molar-refractivity contribution in [2.24, 2.45) is 5.10 Å². The Morgan fingerprint density at radius 1 is 1.22 bits per heavy atom. The number of thioether (sulfide) groups is 1. The number of thiophene rings is 1. The van der Waals surface area contributed by atoms with Crippen LogP contribution in [0.25, 0.3) is 15.9 Å². The van der Waals surface area contributed by atoms with E-state index in [1.807, 2.05) is 55.5 Å². The van der Waals surface area contributed by atoms with E-state index in [9.17, 15) is 9.59 Å². The summed E-state index contributed by atoms with van der Waals surface area (Å²) in [5.74, 6) is 0.503. The largest absolute Gasteiger partial charge is 0.497 e. The highest BCUT2D eigenvalue weighted by atomic mass is 32.2. The first-order valence-electron chi connectivity index (χ1n) is 11.8. The number of carbonyl (C=O) groups is 1. The summed E-state index contributed by atoms with van der Waals surface area (Å²) in [6.45, 7) is 2.00. The van der Waals surface area contributed by atoms with Crippen LogP contribution in [0.3, 0.4) is 0 Å². The van der Waals surface area contributed by atoms with Crippen LogP contribution in [0.4, 0.5) is 0 Å². The van der Waals surface area contributed by atoms with E-state index in [-0.39, 0.29) is 17.2 Å². The molecule has 2 aromatic carbocycles. The molecule has 5 rings (SSSR count). The van der Waals surface area contributed by atoms with E-state index in [0.717, 1.165) is 47.2 Å². The van der Waals surface area contributed by atoms with Crippen LogP contribution in [0.1, 0.15) is 34.4 Å². The summed E-state index contributed by atoms with van der Waals surface area (Å²) in [5, 5.41) is 5.26. The number of rotatable bonds is 7. The molecule has 0 saturated heterocycles. The average Bonchev–Trinajstić information content (AvgIpc) is 3.26. The van der Waals surface area contributed by atoms with Crippen LogP contribution in [0.5, 0.6) is 5.75 Å². The number of benzene rings is 2. The predicted octanol–water partition coefficient (Wildman–Crippen LogP) is 4.89. The molecule has 36 heavy (non-hydrogen) atoms. The number of ether oxygens (including phenoxy) is 1. The number of nitrogens with zero attached hydrogens (tertiary/aromatic N) is 3. The van der Waals surface area contributed by atoms with Crippen molar-refractivity contribution in [3.8, 4) is 11.4 Å². The van der Waals surface area contributed by atoms with Gasteiger partial charge < -0.3 is 4.74 Å². The van der Waals surface area contributed by atoms with Crippen LogP contribution in [0, 0.1) is 6.92 Å². The number of aryl methyl sites for hydroxylation is 3. The molecule has 2 aromatic heterocycles. The molecule has 1 N–H and O–H groups in total. The summed E-state index contributed by atoms with van der Waals surface area (Å²) in [6, 6.07) is 15.2. The number of nitrogens with one attached hydrogen (secondary N) is 1. The highest BCUT2D eigenvalue weighted by molar-refractivity contribution is 7.99. The van der Waals surface area contributed by atoms with Crippen LogP contribution >= 0.6 is 23.1 Å². The molecule has 0 atom stereocenters. The first kappa shape index (κ1) is 24.3. The molecule has 0 bridgehead atoms. The molecule has 184 valence electrons. The number of fused-ring (bicyclic) bond motifs is 3. The maximum atomic E-state index is 13.8. The monoisotopic (exact) mass is 518 g/mol. The quantitative estimate of drug-likeness (QED) is 0.163. The van der Waals surface area contributed by atoms with Gasteiger partial charge in [-0.1, -0.05) is 41.6 Å². The fourth-order valence-electron chi connectivity index (χ4n) is 4.33. The zero-order valence-electron chi connectivity index (χ0n) is 20.1. The minimum Gasteiger partial charge on any atom is -0.497 e. The summed E-state index contributed by atoms with van der Waals surface area (Å²) in [7, 11) is 1.60. The van der Waals surface area contributed by atoms with E-state index < -0.39 is 0 Å². The molecule has 1 aliphatic carbocycles. The lowest BCUT2D eigenvalue weighted by atomic mass is 9.97. The summed E-state index contributed by atoms with van der Waals surface area (Å²) in [6.07, 6.45) is 5.73. The number of hydrogen-bond donors (Lipinski definition) is 1. The number of aromatic nitrogens is 2.